The third-order valence-corrected chi connectivity index (χ3v) is 8.50. The number of hydrogen-bond acceptors (Lipinski definition) is 7. The molecule has 0 atom stereocenters. The van der Waals surface area contributed by atoms with E-state index in [2.05, 4.69) is 9.71 Å². The Labute approximate surface area is 217 Å². The van der Waals surface area contributed by atoms with Gasteiger partial charge in [0.2, 0.25) is 0 Å². The van der Waals surface area contributed by atoms with Crippen LogP contribution in [0.4, 0.5) is 5.69 Å². The van der Waals surface area contributed by atoms with Crippen LogP contribution in [-0.2, 0) is 30.7 Å². The van der Waals surface area contributed by atoms with Gasteiger partial charge >= 0.3 is 5.69 Å². The number of imidazole rings is 1. The Bertz CT molecular complexity index is 1760. The Balaban J connectivity index is 1.50. The Kier molecular flexibility index (Phi) is 6.48. The molecule has 37 heavy (non-hydrogen) atoms. The number of benzene rings is 3. The van der Waals surface area contributed by atoms with E-state index in [4.69, 9.17) is 9.47 Å². The lowest BCUT2D eigenvalue weighted by Gasteiger charge is -2.15. The molecule has 1 N–H and O–H groups in total. The first-order valence-corrected chi connectivity index (χ1v) is 13.6. The quantitative estimate of drug-likeness (QED) is 0.305. The van der Waals surface area contributed by atoms with Crippen molar-refractivity contribution in [3.05, 3.63) is 94.0 Å². The van der Waals surface area contributed by atoms with Crippen molar-refractivity contribution < 1.29 is 17.9 Å². The normalized spacial score (nSPS) is 11.5. The van der Waals surface area contributed by atoms with E-state index in [1.807, 2.05) is 36.4 Å². The minimum atomic E-state index is -3.93. The molecule has 0 aliphatic carbocycles. The van der Waals surface area contributed by atoms with Gasteiger partial charge < -0.3 is 9.47 Å². The summed E-state index contributed by atoms with van der Waals surface area (Å²) in [5.74, 6) is 1.27. The standard InChI is InChI=1S/C26H24N4O5S2/c1-17-27-15-25(36-17)37(32,33)28-21-13-22-23(30(3)26(31)29(22)2)14-24(21)35-20-11-7-10-19(12-20)34-16-18-8-5-4-6-9-18/h4-15,28H,16H2,1-3H3. The second-order valence-corrected chi connectivity index (χ2v) is 11.5. The summed E-state index contributed by atoms with van der Waals surface area (Å²) in [5, 5.41) is 0.630. The predicted molar refractivity (Wildman–Crippen MR) is 143 cm³/mol. The van der Waals surface area contributed by atoms with Crippen molar-refractivity contribution in [3.63, 3.8) is 0 Å². The summed E-state index contributed by atoms with van der Waals surface area (Å²) in [7, 11) is -0.655. The summed E-state index contributed by atoms with van der Waals surface area (Å²) < 4.78 is 43.9. The third-order valence-electron chi connectivity index (χ3n) is 5.76. The SMILES string of the molecule is Cc1ncc(S(=O)(=O)Nc2cc3c(cc2Oc2cccc(OCc4ccccc4)c2)n(C)c(=O)n3C)s1. The van der Waals surface area contributed by atoms with E-state index in [9.17, 15) is 13.2 Å². The number of sulfonamides is 1. The molecule has 2 heterocycles. The molecule has 3 aromatic carbocycles. The number of thiazole rings is 1. The van der Waals surface area contributed by atoms with Crippen LogP contribution < -0.4 is 19.9 Å². The highest BCUT2D eigenvalue weighted by Crippen LogP contribution is 2.36. The molecule has 0 amide bonds. The van der Waals surface area contributed by atoms with E-state index in [1.54, 1.807) is 51.4 Å². The number of nitrogens with one attached hydrogen (secondary N) is 1. The van der Waals surface area contributed by atoms with Gasteiger partial charge in [0, 0.05) is 26.2 Å². The van der Waals surface area contributed by atoms with Crippen LogP contribution in [0.15, 0.2) is 81.9 Å². The Morgan fingerprint density at radius 2 is 1.65 bits per heavy atom. The van der Waals surface area contributed by atoms with Gasteiger partial charge in [0.05, 0.1) is 27.9 Å². The number of aryl methyl sites for hydroxylation is 3. The molecule has 0 radical (unpaired) electrons. The topological polar surface area (TPSA) is 104 Å². The maximum atomic E-state index is 13.1. The summed E-state index contributed by atoms with van der Waals surface area (Å²) in [5.41, 5.74) is 2.12. The fourth-order valence-electron chi connectivity index (χ4n) is 3.85. The maximum Gasteiger partial charge on any atom is 0.328 e. The van der Waals surface area contributed by atoms with E-state index in [0.29, 0.717) is 34.1 Å². The summed E-state index contributed by atoms with van der Waals surface area (Å²) in [4.78, 5) is 16.6. The molecule has 5 rings (SSSR count). The molecule has 0 aliphatic heterocycles. The van der Waals surface area contributed by atoms with Crippen molar-refractivity contribution in [3.8, 4) is 17.2 Å². The molecule has 0 saturated carbocycles. The molecule has 190 valence electrons. The van der Waals surface area contributed by atoms with Gasteiger partial charge in [-0.1, -0.05) is 36.4 Å². The van der Waals surface area contributed by atoms with E-state index < -0.39 is 10.0 Å². The smallest absolute Gasteiger partial charge is 0.328 e. The molecule has 0 saturated heterocycles. The molecule has 5 aromatic rings. The number of aromatic nitrogens is 3. The van der Waals surface area contributed by atoms with E-state index >= 15 is 0 Å². The van der Waals surface area contributed by atoms with Crippen molar-refractivity contribution in [2.75, 3.05) is 4.72 Å². The van der Waals surface area contributed by atoms with Crippen LogP contribution in [0, 0.1) is 6.92 Å². The summed E-state index contributed by atoms with van der Waals surface area (Å²) in [6.45, 7) is 2.12. The Morgan fingerprint density at radius 1 is 0.946 bits per heavy atom. The highest BCUT2D eigenvalue weighted by molar-refractivity contribution is 7.94. The zero-order valence-corrected chi connectivity index (χ0v) is 22.0. The lowest BCUT2D eigenvalue weighted by atomic mass is 10.2. The molecule has 2 aromatic heterocycles. The third kappa shape index (κ3) is 5.09. The first-order chi connectivity index (χ1) is 17.7. The zero-order chi connectivity index (χ0) is 26.2. The molecular weight excluding hydrogens is 512 g/mol. The van der Waals surface area contributed by atoms with E-state index in [1.165, 1.54) is 15.3 Å². The number of ether oxygens (including phenoxy) is 2. The van der Waals surface area contributed by atoms with Crippen molar-refractivity contribution in [1.82, 2.24) is 14.1 Å². The minimum Gasteiger partial charge on any atom is -0.489 e. The Morgan fingerprint density at radius 3 is 2.35 bits per heavy atom. The monoisotopic (exact) mass is 536 g/mol. The van der Waals surface area contributed by atoms with Gasteiger partial charge in [0.15, 0.2) is 9.96 Å². The predicted octanol–water partition coefficient (Wildman–Crippen LogP) is 4.81. The summed E-state index contributed by atoms with van der Waals surface area (Å²) in [6, 6.07) is 20.1. The van der Waals surface area contributed by atoms with Crippen molar-refractivity contribution in [1.29, 1.82) is 0 Å². The molecule has 9 nitrogen and oxygen atoms in total. The zero-order valence-electron chi connectivity index (χ0n) is 20.3. The van der Waals surface area contributed by atoms with Crippen LogP contribution in [0.1, 0.15) is 10.6 Å². The van der Waals surface area contributed by atoms with Crippen LogP contribution in [0.5, 0.6) is 17.2 Å². The highest BCUT2D eigenvalue weighted by atomic mass is 32.2. The summed E-state index contributed by atoms with van der Waals surface area (Å²) >= 11 is 1.06. The van der Waals surface area contributed by atoms with Gasteiger partial charge in [-0.2, -0.15) is 0 Å². The molecule has 0 unspecified atom stereocenters. The van der Waals surface area contributed by atoms with Gasteiger partial charge in [0.25, 0.3) is 10.0 Å². The number of anilines is 1. The largest absolute Gasteiger partial charge is 0.489 e. The number of hydrogen-bond donors (Lipinski definition) is 1. The Hall–Kier alpha value is -4.09. The van der Waals surface area contributed by atoms with Gasteiger partial charge in [-0.25, -0.2) is 18.2 Å². The number of rotatable bonds is 8. The van der Waals surface area contributed by atoms with Crippen molar-refractivity contribution in [2.24, 2.45) is 14.1 Å². The van der Waals surface area contributed by atoms with Crippen LogP contribution >= 0.6 is 11.3 Å². The molecule has 0 fully saturated rings. The van der Waals surface area contributed by atoms with Crippen LogP contribution in [-0.4, -0.2) is 22.5 Å². The van der Waals surface area contributed by atoms with Crippen LogP contribution in [0.2, 0.25) is 0 Å². The van der Waals surface area contributed by atoms with Crippen molar-refractivity contribution >= 4 is 38.1 Å². The second kappa shape index (κ2) is 9.75. The fourth-order valence-corrected chi connectivity index (χ4v) is 6.02. The average Bonchev–Trinajstić information content (AvgIpc) is 3.42. The highest BCUT2D eigenvalue weighted by Gasteiger charge is 2.22. The van der Waals surface area contributed by atoms with E-state index in [0.717, 1.165) is 16.9 Å². The molecule has 0 aliphatic rings. The molecule has 0 spiro atoms. The maximum absolute atomic E-state index is 13.1. The lowest BCUT2D eigenvalue weighted by Crippen LogP contribution is -2.19. The van der Waals surface area contributed by atoms with Crippen LogP contribution in [0.25, 0.3) is 11.0 Å². The fraction of sp³-hybridized carbons (Fsp3) is 0.154. The molecule has 0 bridgehead atoms. The van der Waals surface area contributed by atoms with Gasteiger partial charge in [0.1, 0.15) is 18.1 Å². The number of fused-ring (bicyclic) bond motifs is 1. The number of nitrogens with zero attached hydrogens (tertiary/aromatic N) is 3. The van der Waals surface area contributed by atoms with Crippen molar-refractivity contribution in [2.45, 2.75) is 17.7 Å². The minimum absolute atomic E-state index is 0.0781. The summed E-state index contributed by atoms with van der Waals surface area (Å²) in [6.07, 6.45) is 1.31. The first kappa shape index (κ1) is 24.6. The van der Waals surface area contributed by atoms with Gasteiger partial charge in [-0.05, 0) is 30.7 Å². The van der Waals surface area contributed by atoms with E-state index in [-0.39, 0.29) is 21.3 Å². The van der Waals surface area contributed by atoms with Gasteiger partial charge in [-0.15, -0.1) is 11.3 Å². The molecular formula is C26H24N4O5S2. The second-order valence-electron chi connectivity index (χ2n) is 8.39. The first-order valence-electron chi connectivity index (χ1n) is 11.3. The molecule has 11 heteroatoms. The lowest BCUT2D eigenvalue weighted by molar-refractivity contribution is 0.304. The van der Waals surface area contributed by atoms with Crippen LogP contribution in [0.3, 0.4) is 0 Å². The van der Waals surface area contributed by atoms with Gasteiger partial charge in [-0.3, -0.25) is 13.9 Å². The average molecular weight is 537 g/mol.